The fraction of sp³-hybridized carbons (Fsp3) is 0.286. The summed E-state index contributed by atoms with van der Waals surface area (Å²) in [6, 6.07) is 5.18. The minimum Gasteiger partial charge on any atom is -0.434 e. The van der Waals surface area contributed by atoms with Crippen LogP contribution in [0.2, 0.25) is 0 Å². The van der Waals surface area contributed by atoms with Crippen LogP contribution in [0.15, 0.2) is 28.9 Å². The van der Waals surface area contributed by atoms with Crippen molar-refractivity contribution in [1.29, 1.82) is 0 Å². The predicted molar refractivity (Wildman–Crippen MR) is 78.7 cm³/mol. The predicted octanol–water partition coefficient (Wildman–Crippen LogP) is 3.42. The molecule has 1 radical (unpaired) electrons. The third-order valence-electron chi connectivity index (χ3n) is 2.54. The summed E-state index contributed by atoms with van der Waals surface area (Å²) in [5.74, 6) is 0.650. The molecule has 21 heavy (non-hydrogen) atoms. The van der Waals surface area contributed by atoms with E-state index in [4.69, 9.17) is 9.47 Å². The minimum atomic E-state index is -0.752. The quantitative estimate of drug-likeness (QED) is 0.467. The molecule has 0 fully saturated rings. The van der Waals surface area contributed by atoms with Gasteiger partial charge in [-0.2, -0.15) is 0 Å². The highest BCUT2D eigenvalue weighted by molar-refractivity contribution is 9.10. The molecule has 0 aliphatic heterocycles. The van der Waals surface area contributed by atoms with E-state index in [1.165, 1.54) is 6.20 Å². The number of nitrogens with zero attached hydrogens (tertiary/aromatic N) is 3. The lowest BCUT2D eigenvalue weighted by Crippen LogP contribution is -2.12. The van der Waals surface area contributed by atoms with E-state index in [1.807, 2.05) is 6.92 Å². The molecule has 0 bridgehead atoms. The van der Waals surface area contributed by atoms with E-state index in [0.29, 0.717) is 23.7 Å². The number of hydrogen-bond acceptors (Lipinski definition) is 6. The third-order valence-corrected chi connectivity index (χ3v) is 3.04. The van der Waals surface area contributed by atoms with Gasteiger partial charge in [0.2, 0.25) is 0 Å². The number of rotatable bonds is 5. The van der Waals surface area contributed by atoms with E-state index >= 15 is 0 Å². The Morgan fingerprint density at radius 3 is 3.00 bits per heavy atom. The average molecular weight is 351 g/mol. The number of halogens is 1. The summed E-state index contributed by atoms with van der Waals surface area (Å²) in [5, 5.41) is 7.50. The highest BCUT2D eigenvalue weighted by Gasteiger charge is 2.14. The Bertz CT molecular complexity index is 608. The SMILES string of the molecule is CCCCOC(=O)Oc1cc(Br)ccc1-c1nc[c]nn1. The van der Waals surface area contributed by atoms with E-state index in [2.05, 4.69) is 37.3 Å². The first kappa shape index (κ1) is 15.4. The molecule has 0 unspecified atom stereocenters. The van der Waals surface area contributed by atoms with Crippen LogP contribution in [-0.2, 0) is 4.74 Å². The van der Waals surface area contributed by atoms with Crippen LogP contribution < -0.4 is 4.74 Å². The van der Waals surface area contributed by atoms with Crippen molar-refractivity contribution in [2.24, 2.45) is 0 Å². The van der Waals surface area contributed by atoms with Gasteiger partial charge >= 0.3 is 6.16 Å². The summed E-state index contributed by atoms with van der Waals surface area (Å²) in [6.45, 7) is 2.34. The molecular formula is C14H13BrN3O3. The number of unbranched alkanes of at least 4 members (excludes halogenated alkanes) is 1. The van der Waals surface area contributed by atoms with Gasteiger partial charge in [-0.1, -0.05) is 29.3 Å². The van der Waals surface area contributed by atoms with Crippen molar-refractivity contribution in [2.45, 2.75) is 19.8 Å². The molecule has 6 nitrogen and oxygen atoms in total. The summed E-state index contributed by atoms with van der Waals surface area (Å²) in [5.41, 5.74) is 0.548. The number of hydrogen-bond donors (Lipinski definition) is 0. The first-order valence-electron chi connectivity index (χ1n) is 6.41. The largest absolute Gasteiger partial charge is 0.513 e. The number of ether oxygens (including phenoxy) is 2. The second-order valence-electron chi connectivity index (χ2n) is 4.11. The van der Waals surface area contributed by atoms with Gasteiger partial charge in [-0.25, -0.2) is 9.78 Å². The summed E-state index contributed by atoms with van der Waals surface area (Å²) in [4.78, 5) is 15.7. The van der Waals surface area contributed by atoms with Crippen LogP contribution in [0, 0.1) is 6.20 Å². The molecule has 0 N–H and O–H groups in total. The molecule has 0 amide bonds. The number of carbonyl (C=O) groups excluding carboxylic acids is 1. The molecule has 1 aromatic carbocycles. The van der Waals surface area contributed by atoms with Gasteiger partial charge in [0.25, 0.3) is 0 Å². The molecule has 0 spiro atoms. The molecule has 2 aromatic rings. The lowest BCUT2D eigenvalue weighted by molar-refractivity contribution is 0.0980. The summed E-state index contributed by atoms with van der Waals surface area (Å²) in [6.07, 6.45) is 4.87. The van der Waals surface area contributed by atoms with Gasteiger partial charge in [0.15, 0.2) is 5.82 Å². The maximum Gasteiger partial charge on any atom is 0.513 e. The van der Waals surface area contributed by atoms with Crippen LogP contribution >= 0.6 is 15.9 Å². The van der Waals surface area contributed by atoms with Crippen molar-refractivity contribution in [1.82, 2.24) is 15.2 Å². The topological polar surface area (TPSA) is 74.2 Å². The van der Waals surface area contributed by atoms with Gasteiger partial charge in [0.05, 0.1) is 18.4 Å². The first-order valence-corrected chi connectivity index (χ1v) is 7.20. The van der Waals surface area contributed by atoms with Crippen molar-refractivity contribution in [3.05, 3.63) is 35.1 Å². The van der Waals surface area contributed by atoms with Crippen LogP contribution in [0.25, 0.3) is 11.4 Å². The lowest BCUT2D eigenvalue weighted by atomic mass is 10.2. The second kappa shape index (κ2) is 7.68. The lowest BCUT2D eigenvalue weighted by Gasteiger charge is -2.09. The standard InChI is InChI=1S/C14H13BrN3O3/c1-2-3-8-20-14(19)21-12-9-10(15)4-5-11(12)13-16-6-7-17-18-13/h4-6,9H,2-3,8H2,1H3. The summed E-state index contributed by atoms with van der Waals surface area (Å²) in [7, 11) is 0. The molecule has 0 aliphatic rings. The zero-order valence-corrected chi connectivity index (χ0v) is 13.0. The minimum absolute atomic E-state index is 0.305. The van der Waals surface area contributed by atoms with Gasteiger partial charge in [-0.3, -0.25) is 0 Å². The third kappa shape index (κ3) is 4.49. The summed E-state index contributed by atoms with van der Waals surface area (Å²) < 4.78 is 11.0. The van der Waals surface area contributed by atoms with Crippen LogP contribution in [0.5, 0.6) is 5.75 Å². The Morgan fingerprint density at radius 2 is 2.29 bits per heavy atom. The first-order chi connectivity index (χ1) is 10.2. The Labute approximate surface area is 130 Å². The molecular weight excluding hydrogens is 338 g/mol. The molecule has 0 saturated heterocycles. The normalized spacial score (nSPS) is 10.2. The van der Waals surface area contributed by atoms with Crippen molar-refractivity contribution in [3.8, 4) is 17.1 Å². The van der Waals surface area contributed by atoms with Gasteiger partial charge < -0.3 is 9.47 Å². The fourth-order valence-corrected chi connectivity index (χ4v) is 1.87. The van der Waals surface area contributed by atoms with Crippen LogP contribution in [0.3, 0.4) is 0 Å². The van der Waals surface area contributed by atoms with Gasteiger partial charge in [0, 0.05) is 4.47 Å². The van der Waals surface area contributed by atoms with Gasteiger partial charge in [-0.05, 0) is 24.6 Å². The fourth-order valence-electron chi connectivity index (χ4n) is 1.53. The maximum atomic E-state index is 11.7. The van der Waals surface area contributed by atoms with E-state index in [-0.39, 0.29) is 0 Å². The van der Waals surface area contributed by atoms with Gasteiger partial charge in [-0.15, -0.1) is 10.2 Å². The average Bonchev–Trinajstić information content (AvgIpc) is 2.48. The highest BCUT2D eigenvalue weighted by atomic mass is 79.9. The molecule has 1 heterocycles. The zero-order valence-electron chi connectivity index (χ0n) is 11.4. The molecule has 0 aliphatic carbocycles. The van der Waals surface area contributed by atoms with E-state index in [9.17, 15) is 4.79 Å². The molecule has 1 aromatic heterocycles. The molecule has 109 valence electrons. The molecule has 0 atom stereocenters. The highest BCUT2D eigenvalue weighted by Crippen LogP contribution is 2.30. The monoisotopic (exact) mass is 350 g/mol. The smallest absolute Gasteiger partial charge is 0.434 e. The van der Waals surface area contributed by atoms with Crippen molar-refractivity contribution in [2.75, 3.05) is 6.61 Å². The van der Waals surface area contributed by atoms with Crippen molar-refractivity contribution < 1.29 is 14.3 Å². The van der Waals surface area contributed by atoms with Crippen LogP contribution in [0.1, 0.15) is 19.8 Å². The zero-order chi connectivity index (χ0) is 15.1. The number of benzene rings is 1. The molecule has 2 rings (SSSR count). The van der Waals surface area contributed by atoms with Crippen LogP contribution in [-0.4, -0.2) is 27.9 Å². The van der Waals surface area contributed by atoms with Crippen molar-refractivity contribution in [3.63, 3.8) is 0 Å². The molecule has 0 saturated carbocycles. The number of aromatic nitrogens is 3. The van der Waals surface area contributed by atoms with Crippen molar-refractivity contribution >= 4 is 22.1 Å². The van der Waals surface area contributed by atoms with Gasteiger partial charge in [0.1, 0.15) is 11.9 Å². The van der Waals surface area contributed by atoms with E-state index in [0.717, 1.165) is 17.3 Å². The Morgan fingerprint density at radius 1 is 1.43 bits per heavy atom. The van der Waals surface area contributed by atoms with E-state index in [1.54, 1.807) is 18.2 Å². The van der Waals surface area contributed by atoms with E-state index < -0.39 is 6.16 Å². The number of carbonyl (C=O) groups is 1. The Kier molecular flexibility index (Phi) is 5.62. The molecule has 7 heteroatoms. The summed E-state index contributed by atoms with van der Waals surface area (Å²) >= 11 is 3.33. The Balaban J connectivity index is 2.18. The maximum absolute atomic E-state index is 11.7. The second-order valence-corrected chi connectivity index (χ2v) is 5.02. The van der Waals surface area contributed by atoms with Crippen LogP contribution in [0.4, 0.5) is 4.79 Å². The Hall–Kier alpha value is -2.02.